The predicted octanol–water partition coefficient (Wildman–Crippen LogP) is 10.3. The van der Waals surface area contributed by atoms with Crippen molar-refractivity contribution in [1.29, 1.82) is 0 Å². The number of fused-ring (bicyclic) bond motifs is 3. The molecular formula is C38H27F3O3S. The standard InChI is InChI=1S/C37H26.CHF3O3S/c1-5-15-26(16-6-1)33-32-25-30-23-13-14-24-31(30)37(32)36(29-21-11-4-12-22-29)35(28-19-9-3-10-20-28)34(33)27-17-7-2-8-18-27;2-1(3,4)8(5,6)7/h1-24H,25H2;(H,5,6,7). The fourth-order valence-corrected chi connectivity index (χ4v) is 5.99. The lowest BCUT2D eigenvalue weighted by Crippen LogP contribution is -2.21. The molecule has 224 valence electrons. The topological polar surface area (TPSA) is 54.4 Å². The Morgan fingerprint density at radius 3 is 1.18 bits per heavy atom. The van der Waals surface area contributed by atoms with Gasteiger partial charge in [-0.15, -0.1) is 0 Å². The smallest absolute Gasteiger partial charge is 0.279 e. The second-order valence-electron chi connectivity index (χ2n) is 10.6. The molecule has 0 aromatic heterocycles. The van der Waals surface area contributed by atoms with Crippen molar-refractivity contribution in [2.45, 2.75) is 11.9 Å². The lowest BCUT2D eigenvalue weighted by atomic mass is 9.77. The first-order valence-electron chi connectivity index (χ1n) is 14.2. The van der Waals surface area contributed by atoms with Crippen LogP contribution >= 0.6 is 0 Å². The minimum absolute atomic E-state index is 0.935. The molecule has 0 amide bonds. The van der Waals surface area contributed by atoms with Gasteiger partial charge in [0.05, 0.1) is 0 Å². The van der Waals surface area contributed by atoms with Gasteiger partial charge in [-0.3, -0.25) is 4.55 Å². The van der Waals surface area contributed by atoms with Crippen LogP contribution in [0.15, 0.2) is 146 Å². The maximum atomic E-state index is 10.7. The van der Waals surface area contributed by atoms with E-state index in [0.717, 1.165) is 6.42 Å². The number of hydrogen-bond donors (Lipinski definition) is 1. The Labute approximate surface area is 260 Å². The van der Waals surface area contributed by atoms with E-state index < -0.39 is 15.6 Å². The van der Waals surface area contributed by atoms with E-state index in [0.29, 0.717) is 0 Å². The summed E-state index contributed by atoms with van der Waals surface area (Å²) in [6.45, 7) is 0. The van der Waals surface area contributed by atoms with Crippen molar-refractivity contribution in [3.63, 3.8) is 0 Å². The van der Waals surface area contributed by atoms with E-state index in [9.17, 15) is 13.2 Å². The summed E-state index contributed by atoms with van der Waals surface area (Å²) in [4.78, 5) is 0. The van der Waals surface area contributed by atoms with Gasteiger partial charge in [0.2, 0.25) is 0 Å². The van der Waals surface area contributed by atoms with Crippen LogP contribution in [0.3, 0.4) is 0 Å². The molecule has 0 saturated carbocycles. The highest BCUT2D eigenvalue weighted by molar-refractivity contribution is 7.86. The molecule has 0 atom stereocenters. The first kappa shape index (κ1) is 30.1. The fraction of sp³-hybridized carbons (Fsp3) is 0.0526. The maximum absolute atomic E-state index is 10.7. The maximum Gasteiger partial charge on any atom is 0.522 e. The lowest BCUT2D eigenvalue weighted by molar-refractivity contribution is -0.0510. The molecule has 6 aromatic rings. The Morgan fingerprint density at radius 1 is 0.467 bits per heavy atom. The van der Waals surface area contributed by atoms with Gasteiger partial charge in [-0.05, 0) is 73.2 Å². The van der Waals surface area contributed by atoms with E-state index >= 15 is 0 Å². The predicted molar refractivity (Wildman–Crippen MR) is 174 cm³/mol. The summed E-state index contributed by atoms with van der Waals surface area (Å²) in [6.07, 6.45) is 0.935. The van der Waals surface area contributed by atoms with Gasteiger partial charge < -0.3 is 0 Å². The highest BCUT2D eigenvalue weighted by Gasteiger charge is 2.44. The lowest BCUT2D eigenvalue weighted by Gasteiger charge is -2.25. The van der Waals surface area contributed by atoms with Gasteiger partial charge in [-0.2, -0.15) is 21.6 Å². The molecule has 45 heavy (non-hydrogen) atoms. The molecule has 1 aliphatic rings. The molecule has 3 nitrogen and oxygen atoms in total. The third kappa shape index (κ3) is 5.92. The van der Waals surface area contributed by atoms with Gasteiger partial charge in [-0.25, -0.2) is 0 Å². The van der Waals surface area contributed by atoms with Gasteiger partial charge in [0.15, 0.2) is 0 Å². The summed E-state index contributed by atoms with van der Waals surface area (Å²) in [5, 5.41) is 0. The Morgan fingerprint density at radius 2 is 0.778 bits per heavy atom. The van der Waals surface area contributed by atoms with Crippen molar-refractivity contribution in [2.24, 2.45) is 0 Å². The summed E-state index contributed by atoms with van der Waals surface area (Å²) in [6, 6.07) is 52.7. The summed E-state index contributed by atoms with van der Waals surface area (Å²) in [5.74, 6) is 0. The average molecular weight is 621 g/mol. The Kier molecular flexibility index (Phi) is 8.14. The zero-order valence-corrected chi connectivity index (χ0v) is 24.7. The van der Waals surface area contributed by atoms with Gasteiger partial charge in [0, 0.05) is 0 Å². The Bertz CT molecular complexity index is 2060. The van der Waals surface area contributed by atoms with Crippen molar-refractivity contribution in [3.8, 4) is 55.6 Å². The highest BCUT2D eigenvalue weighted by atomic mass is 32.2. The summed E-state index contributed by atoms with van der Waals surface area (Å²) < 4.78 is 57.5. The minimum atomic E-state index is -5.84. The summed E-state index contributed by atoms with van der Waals surface area (Å²) in [7, 11) is -5.84. The molecule has 0 spiro atoms. The van der Waals surface area contributed by atoms with Crippen LogP contribution in [0.5, 0.6) is 0 Å². The van der Waals surface area contributed by atoms with E-state index in [1.54, 1.807) is 0 Å². The molecule has 0 heterocycles. The number of benzene rings is 6. The van der Waals surface area contributed by atoms with E-state index in [2.05, 4.69) is 146 Å². The molecule has 7 rings (SSSR count). The molecule has 0 aliphatic heterocycles. The molecule has 0 fully saturated rings. The minimum Gasteiger partial charge on any atom is -0.279 e. The number of hydrogen-bond acceptors (Lipinski definition) is 2. The first-order valence-corrected chi connectivity index (χ1v) is 15.7. The molecule has 0 bridgehead atoms. The van der Waals surface area contributed by atoms with Gasteiger partial charge in [0.25, 0.3) is 0 Å². The summed E-state index contributed by atoms with van der Waals surface area (Å²) >= 11 is 0. The van der Waals surface area contributed by atoms with Gasteiger partial charge >= 0.3 is 15.6 Å². The molecule has 6 aromatic carbocycles. The molecule has 1 aliphatic carbocycles. The van der Waals surface area contributed by atoms with Crippen molar-refractivity contribution in [3.05, 3.63) is 157 Å². The first-order chi connectivity index (χ1) is 21.6. The highest BCUT2D eigenvalue weighted by Crippen LogP contribution is 2.55. The van der Waals surface area contributed by atoms with E-state index in [4.69, 9.17) is 13.0 Å². The molecule has 0 saturated heterocycles. The molecule has 0 radical (unpaired) electrons. The van der Waals surface area contributed by atoms with Crippen LogP contribution in [0.1, 0.15) is 11.1 Å². The summed E-state index contributed by atoms with van der Waals surface area (Å²) in [5.41, 5.74) is 10.3. The Balaban J connectivity index is 0.000000397. The largest absolute Gasteiger partial charge is 0.522 e. The van der Waals surface area contributed by atoms with E-state index in [1.165, 1.54) is 66.8 Å². The van der Waals surface area contributed by atoms with Crippen LogP contribution < -0.4 is 0 Å². The molecular weight excluding hydrogens is 593 g/mol. The van der Waals surface area contributed by atoms with Crippen molar-refractivity contribution in [2.75, 3.05) is 0 Å². The van der Waals surface area contributed by atoms with E-state index in [-0.39, 0.29) is 0 Å². The van der Waals surface area contributed by atoms with Crippen LogP contribution in [-0.4, -0.2) is 18.5 Å². The molecule has 1 N–H and O–H groups in total. The van der Waals surface area contributed by atoms with Crippen molar-refractivity contribution in [1.82, 2.24) is 0 Å². The number of rotatable bonds is 4. The monoisotopic (exact) mass is 620 g/mol. The van der Waals surface area contributed by atoms with Crippen LogP contribution in [0.25, 0.3) is 55.6 Å². The number of halogens is 3. The Hall–Kier alpha value is -4.98. The zero-order valence-electron chi connectivity index (χ0n) is 23.9. The third-order valence-electron chi connectivity index (χ3n) is 7.80. The van der Waals surface area contributed by atoms with Gasteiger partial charge in [0.1, 0.15) is 0 Å². The quantitative estimate of drug-likeness (QED) is 0.157. The second-order valence-corrected chi connectivity index (χ2v) is 12.0. The van der Waals surface area contributed by atoms with Crippen molar-refractivity contribution < 1.29 is 26.1 Å². The third-order valence-corrected chi connectivity index (χ3v) is 8.38. The SMILES string of the molecule is O=S(=O)(O)C(F)(F)F.c1ccc(-c2c3c(c(-c4ccccc4)c(-c4ccccc4)c2-c2ccccc2)-c2ccccc2C3)cc1. The molecule has 7 heteroatoms. The normalized spacial score (nSPS) is 12.1. The van der Waals surface area contributed by atoms with Gasteiger partial charge in [-0.1, -0.05) is 146 Å². The van der Waals surface area contributed by atoms with Crippen molar-refractivity contribution >= 4 is 10.1 Å². The zero-order chi connectivity index (χ0) is 31.6. The van der Waals surface area contributed by atoms with Crippen LogP contribution in [0.2, 0.25) is 0 Å². The second kappa shape index (κ2) is 12.2. The van der Waals surface area contributed by atoms with Crippen LogP contribution in [0, 0.1) is 0 Å². The van der Waals surface area contributed by atoms with Crippen LogP contribution in [0.4, 0.5) is 13.2 Å². The fourth-order valence-electron chi connectivity index (χ4n) is 5.99. The van der Waals surface area contributed by atoms with Crippen LogP contribution in [-0.2, 0) is 16.5 Å². The number of alkyl halides is 3. The molecule has 0 unspecified atom stereocenters. The average Bonchev–Trinajstić information content (AvgIpc) is 3.44. The van der Waals surface area contributed by atoms with E-state index in [1.807, 2.05) is 0 Å².